The van der Waals surface area contributed by atoms with Gasteiger partial charge in [0.1, 0.15) is 0 Å². The highest BCUT2D eigenvalue weighted by Crippen LogP contribution is 2.14. The van der Waals surface area contributed by atoms with Crippen LogP contribution in [0.15, 0.2) is 24.3 Å². The molecule has 3 rings (SSSR count). The molecule has 1 fully saturated rings. The van der Waals surface area contributed by atoms with E-state index in [4.69, 9.17) is 4.74 Å². The second kappa shape index (κ2) is 7.38. The molecule has 1 aliphatic rings. The van der Waals surface area contributed by atoms with Crippen molar-refractivity contribution in [1.29, 1.82) is 0 Å². The number of para-hydroxylation sites is 1. The highest BCUT2D eigenvalue weighted by Gasteiger charge is 2.13. The summed E-state index contributed by atoms with van der Waals surface area (Å²) in [4.78, 5) is 14.6. The van der Waals surface area contributed by atoms with Crippen molar-refractivity contribution in [3.8, 4) is 0 Å². The van der Waals surface area contributed by atoms with Gasteiger partial charge in [-0.15, -0.1) is 0 Å². The minimum atomic E-state index is -0.108. The predicted octanol–water partition coefficient (Wildman–Crippen LogP) is 1.41. The number of aromatic nitrogens is 2. The first kappa shape index (κ1) is 15.0. The summed E-state index contributed by atoms with van der Waals surface area (Å²) in [6.07, 6.45) is 2.06. The van der Waals surface area contributed by atoms with Crippen LogP contribution in [0.1, 0.15) is 23.3 Å². The van der Waals surface area contributed by atoms with Crippen LogP contribution < -0.4 is 5.32 Å². The van der Waals surface area contributed by atoms with Gasteiger partial charge in [-0.05, 0) is 25.5 Å². The van der Waals surface area contributed by atoms with E-state index in [2.05, 4.69) is 20.4 Å². The number of hydrogen-bond acceptors (Lipinski definition) is 4. The summed E-state index contributed by atoms with van der Waals surface area (Å²) in [5.74, 6) is -0.108. The van der Waals surface area contributed by atoms with Crippen LogP contribution in [0.25, 0.3) is 10.9 Å². The van der Waals surface area contributed by atoms with E-state index in [-0.39, 0.29) is 5.91 Å². The Labute approximate surface area is 129 Å². The molecule has 6 heteroatoms. The molecule has 2 aromatic rings. The van der Waals surface area contributed by atoms with Gasteiger partial charge in [0.2, 0.25) is 0 Å². The molecule has 1 aliphatic heterocycles. The number of amides is 1. The lowest BCUT2D eigenvalue weighted by molar-refractivity contribution is 0.0372. The summed E-state index contributed by atoms with van der Waals surface area (Å²) in [7, 11) is 0. The number of unbranched alkanes of at least 4 members (excludes halogenated alkanes) is 1. The summed E-state index contributed by atoms with van der Waals surface area (Å²) in [6.45, 7) is 5.47. The normalized spacial score (nSPS) is 16.0. The Morgan fingerprint density at radius 3 is 2.95 bits per heavy atom. The van der Waals surface area contributed by atoms with Crippen LogP contribution in [0.4, 0.5) is 0 Å². The SMILES string of the molecule is O=C(NCCCCN1CCOCC1)c1n[nH]c2ccccc12. The number of nitrogens with zero attached hydrogens (tertiary/aromatic N) is 2. The Morgan fingerprint density at radius 1 is 1.27 bits per heavy atom. The van der Waals surface area contributed by atoms with E-state index < -0.39 is 0 Å². The first-order valence-corrected chi connectivity index (χ1v) is 7.86. The van der Waals surface area contributed by atoms with Crippen molar-refractivity contribution in [2.24, 2.45) is 0 Å². The van der Waals surface area contributed by atoms with Gasteiger partial charge in [0.05, 0.1) is 18.7 Å². The molecule has 1 amide bonds. The standard InChI is InChI=1S/C16H22N4O2/c21-16(15-13-5-1-2-6-14(13)18-19-15)17-7-3-4-8-20-9-11-22-12-10-20/h1-2,5-6H,3-4,7-12H2,(H,17,21)(H,18,19). The van der Waals surface area contributed by atoms with Crippen molar-refractivity contribution in [3.63, 3.8) is 0 Å². The number of hydrogen-bond donors (Lipinski definition) is 2. The van der Waals surface area contributed by atoms with Gasteiger partial charge >= 0.3 is 0 Å². The van der Waals surface area contributed by atoms with E-state index in [1.54, 1.807) is 0 Å². The average molecular weight is 302 g/mol. The van der Waals surface area contributed by atoms with Crippen LogP contribution in [0.3, 0.4) is 0 Å². The molecule has 0 saturated carbocycles. The molecule has 0 atom stereocenters. The van der Waals surface area contributed by atoms with Crippen molar-refractivity contribution in [3.05, 3.63) is 30.0 Å². The fourth-order valence-electron chi connectivity index (χ4n) is 2.71. The molecule has 0 radical (unpaired) electrons. The molecule has 0 aliphatic carbocycles. The lowest BCUT2D eigenvalue weighted by Crippen LogP contribution is -2.37. The first-order valence-electron chi connectivity index (χ1n) is 7.86. The molecule has 2 N–H and O–H groups in total. The maximum atomic E-state index is 12.2. The highest BCUT2D eigenvalue weighted by molar-refractivity contribution is 6.04. The molecule has 1 saturated heterocycles. The molecule has 0 bridgehead atoms. The van der Waals surface area contributed by atoms with E-state index in [0.717, 1.165) is 56.6 Å². The van der Waals surface area contributed by atoms with Crippen molar-refractivity contribution in [2.45, 2.75) is 12.8 Å². The monoisotopic (exact) mass is 302 g/mol. The van der Waals surface area contributed by atoms with Crippen molar-refractivity contribution < 1.29 is 9.53 Å². The fraction of sp³-hybridized carbons (Fsp3) is 0.500. The van der Waals surface area contributed by atoms with Crippen molar-refractivity contribution in [2.75, 3.05) is 39.4 Å². The summed E-state index contributed by atoms with van der Waals surface area (Å²) in [6, 6.07) is 7.67. The Hall–Kier alpha value is -1.92. The number of carbonyl (C=O) groups excluding carboxylic acids is 1. The molecular weight excluding hydrogens is 280 g/mol. The number of morpholine rings is 1. The van der Waals surface area contributed by atoms with Crippen LogP contribution in [-0.2, 0) is 4.74 Å². The van der Waals surface area contributed by atoms with E-state index >= 15 is 0 Å². The lowest BCUT2D eigenvalue weighted by Gasteiger charge is -2.26. The number of H-pyrrole nitrogens is 1. The minimum absolute atomic E-state index is 0.108. The number of nitrogens with one attached hydrogen (secondary N) is 2. The van der Waals surface area contributed by atoms with Gasteiger partial charge in [0, 0.05) is 25.0 Å². The van der Waals surface area contributed by atoms with Gasteiger partial charge in [-0.2, -0.15) is 5.10 Å². The molecule has 1 aromatic carbocycles. The van der Waals surface area contributed by atoms with Gasteiger partial charge in [-0.1, -0.05) is 18.2 Å². The Balaban J connectivity index is 1.41. The molecular formula is C16H22N4O2. The lowest BCUT2D eigenvalue weighted by atomic mass is 10.2. The predicted molar refractivity (Wildman–Crippen MR) is 84.9 cm³/mol. The molecule has 6 nitrogen and oxygen atoms in total. The van der Waals surface area contributed by atoms with Gasteiger partial charge in [-0.3, -0.25) is 14.8 Å². The molecule has 0 spiro atoms. The van der Waals surface area contributed by atoms with Crippen LogP contribution in [0, 0.1) is 0 Å². The number of aromatic amines is 1. The quantitative estimate of drug-likeness (QED) is 0.792. The zero-order valence-electron chi connectivity index (χ0n) is 12.7. The van der Waals surface area contributed by atoms with Gasteiger partial charge in [0.25, 0.3) is 5.91 Å². The topological polar surface area (TPSA) is 70.2 Å². The summed E-state index contributed by atoms with van der Waals surface area (Å²) < 4.78 is 5.33. The van der Waals surface area contributed by atoms with Crippen LogP contribution in [-0.4, -0.2) is 60.4 Å². The molecule has 1 aromatic heterocycles. The third-order valence-corrected chi connectivity index (χ3v) is 3.98. The van der Waals surface area contributed by atoms with Crippen LogP contribution in [0.2, 0.25) is 0 Å². The zero-order chi connectivity index (χ0) is 15.2. The molecule has 0 unspecified atom stereocenters. The highest BCUT2D eigenvalue weighted by atomic mass is 16.5. The van der Waals surface area contributed by atoms with Gasteiger partial charge < -0.3 is 10.1 Å². The molecule has 22 heavy (non-hydrogen) atoms. The van der Waals surface area contributed by atoms with Gasteiger partial charge in [-0.25, -0.2) is 0 Å². The Bertz CT molecular complexity index is 619. The summed E-state index contributed by atoms with van der Waals surface area (Å²) in [5.41, 5.74) is 1.36. The second-order valence-corrected chi connectivity index (χ2v) is 5.53. The summed E-state index contributed by atoms with van der Waals surface area (Å²) in [5, 5.41) is 10.8. The van der Waals surface area contributed by atoms with Crippen LogP contribution in [0.5, 0.6) is 0 Å². The average Bonchev–Trinajstić information content (AvgIpc) is 2.99. The maximum absolute atomic E-state index is 12.2. The number of carbonyl (C=O) groups is 1. The van der Waals surface area contributed by atoms with E-state index in [0.29, 0.717) is 12.2 Å². The number of benzene rings is 1. The fourth-order valence-corrected chi connectivity index (χ4v) is 2.71. The number of fused-ring (bicyclic) bond motifs is 1. The maximum Gasteiger partial charge on any atom is 0.272 e. The zero-order valence-corrected chi connectivity index (χ0v) is 12.7. The number of ether oxygens (including phenoxy) is 1. The third-order valence-electron chi connectivity index (χ3n) is 3.98. The van der Waals surface area contributed by atoms with Crippen LogP contribution >= 0.6 is 0 Å². The second-order valence-electron chi connectivity index (χ2n) is 5.53. The Morgan fingerprint density at radius 2 is 2.09 bits per heavy atom. The smallest absolute Gasteiger partial charge is 0.272 e. The van der Waals surface area contributed by atoms with Crippen molar-refractivity contribution in [1.82, 2.24) is 20.4 Å². The van der Waals surface area contributed by atoms with E-state index in [1.807, 2.05) is 24.3 Å². The van der Waals surface area contributed by atoms with Crippen molar-refractivity contribution >= 4 is 16.8 Å². The van der Waals surface area contributed by atoms with E-state index in [1.165, 1.54) is 0 Å². The van der Waals surface area contributed by atoms with E-state index in [9.17, 15) is 4.79 Å². The first-order chi connectivity index (χ1) is 10.8. The third kappa shape index (κ3) is 3.64. The largest absolute Gasteiger partial charge is 0.379 e. The summed E-state index contributed by atoms with van der Waals surface area (Å²) >= 11 is 0. The minimum Gasteiger partial charge on any atom is -0.379 e. The Kier molecular flexibility index (Phi) is 5.03. The number of rotatable bonds is 6. The molecule has 118 valence electrons. The van der Waals surface area contributed by atoms with Gasteiger partial charge in [0.15, 0.2) is 5.69 Å². The molecule has 2 heterocycles.